The van der Waals surface area contributed by atoms with Gasteiger partial charge in [0.25, 0.3) is 0 Å². The minimum atomic E-state index is -0.445. The number of ether oxygens (including phenoxy) is 1. The highest BCUT2D eigenvalue weighted by Gasteiger charge is 2.22. The number of anilines is 1. The fourth-order valence-corrected chi connectivity index (χ4v) is 1.58. The standard InChI is InChI=1S/C17H19NO2/c1-17(2,3)16(19)18-14-11-7-8-12-15(14)20-13-9-5-4-6-10-13/h4-12H,1-3H3,(H,18,19). The molecular weight excluding hydrogens is 250 g/mol. The van der Waals surface area contributed by atoms with Crippen molar-refractivity contribution in [1.82, 2.24) is 0 Å². The van der Waals surface area contributed by atoms with Gasteiger partial charge in [0.1, 0.15) is 5.75 Å². The molecule has 2 rings (SSSR count). The molecule has 3 heteroatoms. The summed E-state index contributed by atoms with van der Waals surface area (Å²) in [6, 6.07) is 16.9. The summed E-state index contributed by atoms with van der Waals surface area (Å²) in [5.41, 5.74) is 0.233. The zero-order chi connectivity index (χ0) is 14.6. The lowest BCUT2D eigenvalue weighted by Crippen LogP contribution is -2.27. The number of rotatable bonds is 3. The van der Waals surface area contributed by atoms with Crippen molar-refractivity contribution in [3.63, 3.8) is 0 Å². The van der Waals surface area contributed by atoms with Gasteiger partial charge in [-0.1, -0.05) is 51.1 Å². The monoisotopic (exact) mass is 269 g/mol. The third-order valence-corrected chi connectivity index (χ3v) is 2.79. The molecule has 0 heterocycles. The number of hydrogen-bond acceptors (Lipinski definition) is 2. The van der Waals surface area contributed by atoms with Crippen molar-refractivity contribution in [2.24, 2.45) is 5.41 Å². The van der Waals surface area contributed by atoms with Gasteiger partial charge >= 0.3 is 0 Å². The molecule has 0 fully saturated rings. The number of carbonyl (C=O) groups is 1. The van der Waals surface area contributed by atoms with Gasteiger partial charge in [0.2, 0.25) is 5.91 Å². The van der Waals surface area contributed by atoms with Gasteiger partial charge in [-0.05, 0) is 24.3 Å². The van der Waals surface area contributed by atoms with Crippen LogP contribution in [0.1, 0.15) is 20.8 Å². The minimum absolute atomic E-state index is 0.0402. The second-order valence-electron chi connectivity index (χ2n) is 5.62. The molecule has 1 N–H and O–H groups in total. The lowest BCUT2D eigenvalue weighted by Gasteiger charge is -2.19. The third-order valence-electron chi connectivity index (χ3n) is 2.79. The number of benzene rings is 2. The zero-order valence-electron chi connectivity index (χ0n) is 12.0. The summed E-state index contributed by atoms with van der Waals surface area (Å²) in [7, 11) is 0. The Bertz CT molecular complexity index is 585. The van der Waals surface area contributed by atoms with Crippen LogP contribution in [-0.2, 0) is 4.79 Å². The fourth-order valence-electron chi connectivity index (χ4n) is 1.58. The fraction of sp³-hybridized carbons (Fsp3) is 0.235. The van der Waals surface area contributed by atoms with E-state index in [1.165, 1.54) is 0 Å². The van der Waals surface area contributed by atoms with Crippen LogP contribution in [0.25, 0.3) is 0 Å². The highest BCUT2D eigenvalue weighted by molar-refractivity contribution is 5.95. The summed E-state index contributed by atoms with van der Waals surface area (Å²) >= 11 is 0. The van der Waals surface area contributed by atoms with Crippen molar-refractivity contribution in [3.8, 4) is 11.5 Å². The first-order valence-electron chi connectivity index (χ1n) is 6.60. The Morgan fingerprint density at radius 1 is 0.950 bits per heavy atom. The number of carbonyl (C=O) groups excluding carboxylic acids is 1. The van der Waals surface area contributed by atoms with Crippen molar-refractivity contribution in [3.05, 3.63) is 54.6 Å². The summed E-state index contributed by atoms with van der Waals surface area (Å²) in [4.78, 5) is 12.1. The van der Waals surface area contributed by atoms with Crippen molar-refractivity contribution in [1.29, 1.82) is 0 Å². The largest absolute Gasteiger partial charge is 0.455 e. The van der Waals surface area contributed by atoms with Gasteiger partial charge in [0, 0.05) is 5.41 Å². The maximum Gasteiger partial charge on any atom is 0.229 e. The SMILES string of the molecule is CC(C)(C)C(=O)Nc1ccccc1Oc1ccccc1. The predicted octanol–water partition coefficient (Wildman–Crippen LogP) is 4.46. The van der Waals surface area contributed by atoms with E-state index in [-0.39, 0.29) is 5.91 Å². The van der Waals surface area contributed by atoms with Gasteiger partial charge < -0.3 is 10.1 Å². The molecule has 0 saturated carbocycles. The van der Waals surface area contributed by atoms with Crippen molar-refractivity contribution < 1.29 is 9.53 Å². The Balaban J connectivity index is 2.21. The minimum Gasteiger partial charge on any atom is -0.455 e. The van der Waals surface area contributed by atoms with Gasteiger partial charge in [0.15, 0.2) is 5.75 Å². The summed E-state index contributed by atoms with van der Waals surface area (Å²) in [6.07, 6.45) is 0. The van der Waals surface area contributed by atoms with E-state index < -0.39 is 5.41 Å². The lowest BCUT2D eigenvalue weighted by molar-refractivity contribution is -0.123. The normalized spacial score (nSPS) is 10.9. The summed E-state index contributed by atoms with van der Waals surface area (Å²) in [6.45, 7) is 5.63. The van der Waals surface area contributed by atoms with E-state index in [1.54, 1.807) is 0 Å². The van der Waals surface area contributed by atoms with Crippen LogP contribution in [0.2, 0.25) is 0 Å². The average molecular weight is 269 g/mol. The average Bonchev–Trinajstić information content (AvgIpc) is 2.41. The molecule has 2 aromatic rings. The first-order valence-corrected chi connectivity index (χ1v) is 6.60. The highest BCUT2D eigenvalue weighted by atomic mass is 16.5. The quantitative estimate of drug-likeness (QED) is 0.893. The molecule has 0 aliphatic carbocycles. The molecular formula is C17H19NO2. The van der Waals surface area contributed by atoms with Crippen molar-refractivity contribution >= 4 is 11.6 Å². The van der Waals surface area contributed by atoms with Gasteiger partial charge in [-0.3, -0.25) is 4.79 Å². The molecule has 3 nitrogen and oxygen atoms in total. The van der Waals surface area contributed by atoms with Crippen LogP contribution < -0.4 is 10.1 Å². The van der Waals surface area contributed by atoms with Crippen LogP contribution in [0, 0.1) is 5.41 Å². The summed E-state index contributed by atoms with van der Waals surface area (Å²) < 4.78 is 5.81. The van der Waals surface area contributed by atoms with Crippen LogP contribution in [0.4, 0.5) is 5.69 Å². The third kappa shape index (κ3) is 3.60. The molecule has 0 radical (unpaired) electrons. The number of para-hydroxylation sites is 3. The van der Waals surface area contributed by atoms with E-state index in [9.17, 15) is 4.79 Å². The van der Waals surface area contributed by atoms with Crippen LogP contribution in [0.5, 0.6) is 11.5 Å². The molecule has 1 amide bonds. The molecule has 20 heavy (non-hydrogen) atoms. The van der Waals surface area contributed by atoms with E-state index in [1.807, 2.05) is 75.4 Å². The molecule has 0 aliphatic heterocycles. The van der Waals surface area contributed by atoms with E-state index in [0.29, 0.717) is 11.4 Å². The van der Waals surface area contributed by atoms with Gasteiger partial charge in [0.05, 0.1) is 5.69 Å². The van der Waals surface area contributed by atoms with Crippen LogP contribution in [0.3, 0.4) is 0 Å². The molecule has 0 unspecified atom stereocenters. The second-order valence-corrected chi connectivity index (χ2v) is 5.62. The molecule has 2 aromatic carbocycles. The van der Waals surface area contributed by atoms with Gasteiger partial charge in [-0.25, -0.2) is 0 Å². The summed E-state index contributed by atoms with van der Waals surface area (Å²) in [5, 5.41) is 2.91. The van der Waals surface area contributed by atoms with E-state index in [2.05, 4.69) is 5.32 Å². The smallest absolute Gasteiger partial charge is 0.229 e. The van der Waals surface area contributed by atoms with Crippen LogP contribution in [-0.4, -0.2) is 5.91 Å². The Morgan fingerprint density at radius 2 is 1.55 bits per heavy atom. The topological polar surface area (TPSA) is 38.3 Å². The Labute approximate surface area is 119 Å². The number of amides is 1. The first kappa shape index (κ1) is 14.1. The van der Waals surface area contributed by atoms with E-state index in [0.717, 1.165) is 5.75 Å². The molecule has 0 aliphatic rings. The molecule has 0 spiro atoms. The highest BCUT2D eigenvalue weighted by Crippen LogP contribution is 2.30. The maximum absolute atomic E-state index is 12.1. The molecule has 0 bridgehead atoms. The van der Waals surface area contributed by atoms with Crippen molar-refractivity contribution in [2.45, 2.75) is 20.8 Å². The first-order chi connectivity index (χ1) is 9.47. The molecule has 104 valence electrons. The lowest BCUT2D eigenvalue weighted by atomic mass is 9.95. The number of hydrogen-bond donors (Lipinski definition) is 1. The molecule has 0 aromatic heterocycles. The van der Waals surface area contributed by atoms with Gasteiger partial charge in [-0.2, -0.15) is 0 Å². The Hall–Kier alpha value is -2.29. The Kier molecular flexibility index (Phi) is 4.08. The van der Waals surface area contributed by atoms with Crippen LogP contribution >= 0.6 is 0 Å². The van der Waals surface area contributed by atoms with E-state index in [4.69, 9.17) is 4.74 Å². The Morgan fingerprint density at radius 3 is 2.20 bits per heavy atom. The van der Waals surface area contributed by atoms with E-state index >= 15 is 0 Å². The maximum atomic E-state index is 12.1. The zero-order valence-corrected chi connectivity index (χ0v) is 12.0. The number of nitrogens with one attached hydrogen (secondary N) is 1. The molecule has 0 saturated heterocycles. The molecule has 0 atom stereocenters. The summed E-state index contributed by atoms with van der Waals surface area (Å²) in [5.74, 6) is 1.34. The van der Waals surface area contributed by atoms with Crippen molar-refractivity contribution in [2.75, 3.05) is 5.32 Å². The van der Waals surface area contributed by atoms with Crippen LogP contribution in [0.15, 0.2) is 54.6 Å². The van der Waals surface area contributed by atoms with Gasteiger partial charge in [-0.15, -0.1) is 0 Å². The second kappa shape index (κ2) is 5.78. The predicted molar refractivity (Wildman–Crippen MR) is 81.0 cm³/mol.